The van der Waals surface area contributed by atoms with Gasteiger partial charge >= 0.3 is 0 Å². The van der Waals surface area contributed by atoms with Crippen LogP contribution in [0.15, 0.2) is 42.6 Å². The summed E-state index contributed by atoms with van der Waals surface area (Å²) >= 11 is 0. The fraction of sp³-hybridized carbons (Fsp3) is 0.0769. The van der Waals surface area contributed by atoms with Gasteiger partial charge in [0, 0.05) is 5.56 Å². The summed E-state index contributed by atoms with van der Waals surface area (Å²) in [5, 5.41) is 3.73. The molecule has 1 aromatic carbocycles. The molecule has 0 fully saturated rings. The number of imidazole rings is 1. The van der Waals surface area contributed by atoms with Gasteiger partial charge in [0.1, 0.15) is 0 Å². The Morgan fingerprint density at radius 3 is 2.59 bits per heavy atom. The number of nitrogens with zero attached hydrogens (tertiary/aromatic N) is 3. The van der Waals surface area contributed by atoms with Gasteiger partial charge in [0.15, 0.2) is 5.65 Å². The molecular formula is C13H10FN3. The molecule has 17 heavy (non-hydrogen) atoms. The van der Waals surface area contributed by atoms with E-state index in [9.17, 15) is 4.39 Å². The molecule has 4 heteroatoms. The number of hydrogen-bond donors (Lipinski definition) is 0. The van der Waals surface area contributed by atoms with Crippen LogP contribution in [-0.2, 0) is 0 Å². The third-order valence-electron chi connectivity index (χ3n) is 2.63. The molecule has 3 aromatic rings. The van der Waals surface area contributed by atoms with Crippen molar-refractivity contribution in [2.45, 2.75) is 6.92 Å². The maximum Gasteiger partial charge on any atom is 0.231 e. The third kappa shape index (κ3) is 1.78. The fourth-order valence-electron chi connectivity index (χ4n) is 1.72. The minimum Gasteiger partial charge on any atom is -0.227 e. The molecule has 3 nitrogen and oxygen atoms in total. The van der Waals surface area contributed by atoms with Crippen molar-refractivity contribution in [2.75, 3.05) is 0 Å². The number of hydrogen-bond acceptors (Lipinski definition) is 2. The Balaban J connectivity index is 2.14. The average molecular weight is 227 g/mol. The molecule has 0 radical (unpaired) electrons. The van der Waals surface area contributed by atoms with E-state index in [4.69, 9.17) is 0 Å². The molecule has 84 valence electrons. The molecule has 0 saturated carbocycles. The average Bonchev–Trinajstić information content (AvgIpc) is 2.72. The molecule has 0 atom stereocenters. The molecular weight excluding hydrogens is 217 g/mol. The van der Waals surface area contributed by atoms with Crippen molar-refractivity contribution in [3.8, 4) is 11.3 Å². The van der Waals surface area contributed by atoms with Crippen LogP contribution in [0.25, 0.3) is 16.9 Å². The summed E-state index contributed by atoms with van der Waals surface area (Å²) < 4.78 is 14.4. The standard InChI is InChI=1S/C13H10FN3/c1-9-2-4-10(5-3-9)11-8-17-13(15-11)7-6-12(14)16-17/h2-8H,1H3. The smallest absolute Gasteiger partial charge is 0.227 e. The van der Waals surface area contributed by atoms with Gasteiger partial charge in [-0.05, 0) is 19.1 Å². The second kappa shape index (κ2) is 3.66. The van der Waals surface area contributed by atoms with Gasteiger partial charge in [-0.3, -0.25) is 0 Å². The molecule has 0 aliphatic rings. The summed E-state index contributed by atoms with van der Waals surface area (Å²) in [7, 11) is 0. The maximum atomic E-state index is 12.9. The zero-order valence-electron chi connectivity index (χ0n) is 9.26. The Morgan fingerprint density at radius 1 is 1.06 bits per heavy atom. The van der Waals surface area contributed by atoms with E-state index in [2.05, 4.69) is 10.1 Å². The van der Waals surface area contributed by atoms with Crippen LogP contribution in [0, 0.1) is 12.9 Å². The number of fused-ring (bicyclic) bond motifs is 1. The first-order valence-electron chi connectivity index (χ1n) is 5.31. The lowest BCUT2D eigenvalue weighted by Crippen LogP contribution is -1.92. The summed E-state index contributed by atoms with van der Waals surface area (Å²) in [6.45, 7) is 2.03. The minimum atomic E-state index is -0.509. The van der Waals surface area contributed by atoms with E-state index in [0.717, 1.165) is 11.3 Å². The van der Waals surface area contributed by atoms with Crippen LogP contribution in [0.1, 0.15) is 5.56 Å². The lowest BCUT2D eigenvalue weighted by Gasteiger charge is -1.95. The molecule has 0 aliphatic carbocycles. The Bertz CT molecular complexity index is 671. The SMILES string of the molecule is Cc1ccc(-c2cn3nc(F)ccc3n2)cc1. The number of benzene rings is 1. The van der Waals surface area contributed by atoms with Crippen molar-refractivity contribution in [3.63, 3.8) is 0 Å². The lowest BCUT2D eigenvalue weighted by molar-refractivity contribution is 0.555. The Labute approximate surface area is 97.5 Å². The molecule has 0 bridgehead atoms. The fourth-order valence-corrected chi connectivity index (χ4v) is 1.72. The summed E-state index contributed by atoms with van der Waals surface area (Å²) in [5.74, 6) is -0.509. The van der Waals surface area contributed by atoms with Crippen molar-refractivity contribution in [1.82, 2.24) is 14.6 Å². The summed E-state index contributed by atoms with van der Waals surface area (Å²) in [4.78, 5) is 4.39. The van der Waals surface area contributed by atoms with Crippen molar-refractivity contribution in [1.29, 1.82) is 0 Å². The second-order valence-electron chi connectivity index (χ2n) is 3.95. The second-order valence-corrected chi connectivity index (χ2v) is 3.95. The topological polar surface area (TPSA) is 30.2 Å². The third-order valence-corrected chi connectivity index (χ3v) is 2.63. The van der Waals surface area contributed by atoms with Gasteiger partial charge in [0.2, 0.25) is 5.95 Å². The highest BCUT2D eigenvalue weighted by Gasteiger charge is 2.05. The molecule has 0 aliphatic heterocycles. The lowest BCUT2D eigenvalue weighted by atomic mass is 10.1. The predicted molar refractivity (Wildman–Crippen MR) is 63.1 cm³/mol. The van der Waals surface area contributed by atoms with E-state index in [-0.39, 0.29) is 0 Å². The van der Waals surface area contributed by atoms with Gasteiger partial charge in [-0.15, -0.1) is 5.10 Å². The Kier molecular flexibility index (Phi) is 2.14. The highest BCUT2D eigenvalue weighted by molar-refractivity contribution is 5.62. The van der Waals surface area contributed by atoms with Gasteiger partial charge in [0.25, 0.3) is 0 Å². The van der Waals surface area contributed by atoms with Crippen LogP contribution < -0.4 is 0 Å². The normalized spacial score (nSPS) is 10.9. The first kappa shape index (κ1) is 9.96. The van der Waals surface area contributed by atoms with Crippen molar-refractivity contribution in [3.05, 3.63) is 54.1 Å². The Hall–Kier alpha value is -2.23. The van der Waals surface area contributed by atoms with Crippen molar-refractivity contribution >= 4 is 5.65 Å². The number of rotatable bonds is 1. The van der Waals surface area contributed by atoms with Gasteiger partial charge < -0.3 is 0 Å². The zero-order valence-corrected chi connectivity index (χ0v) is 9.26. The zero-order chi connectivity index (χ0) is 11.8. The van der Waals surface area contributed by atoms with E-state index in [1.54, 1.807) is 12.3 Å². The Morgan fingerprint density at radius 2 is 1.82 bits per heavy atom. The monoisotopic (exact) mass is 227 g/mol. The quantitative estimate of drug-likeness (QED) is 0.640. The summed E-state index contributed by atoms with van der Waals surface area (Å²) in [6, 6.07) is 10.9. The van der Waals surface area contributed by atoms with Crippen LogP contribution in [0.4, 0.5) is 4.39 Å². The first-order valence-corrected chi connectivity index (χ1v) is 5.31. The van der Waals surface area contributed by atoms with Gasteiger partial charge in [0.05, 0.1) is 11.9 Å². The van der Waals surface area contributed by atoms with Gasteiger partial charge in [-0.25, -0.2) is 9.50 Å². The molecule has 0 amide bonds. The van der Waals surface area contributed by atoms with Crippen LogP contribution in [0.3, 0.4) is 0 Å². The molecule has 3 rings (SSSR count). The predicted octanol–water partition coefficient (Wildman–Crippen LogP) is 2.84. The highest BCUT2D eigenvalue weighted by atomic mass is 19.1. The maximum absolute atomic E-state index is 12.9. The largest absolute Gasteiger partial charge is 0.231 e. The van der Waals surface area contributed by atoms with E-state index in [1.165, 1.54) is 16.1 Å². The number of halogens is 1. The van der Waals surface area contributed by atoms with Crippen LogP contribution in [0.5, 0.6) is 0 Å². The van der Waals surface area contributed by atoms with E-state index in [1.807, 2.05) is 31.2 Å². The van der Waals surface area contributed by atoms with Crippen LogP contribution in [-0.4, -0.2) is 14.6 Å². The number of aromatic nitrogens is 3. The highest BCUT2D eigenvalue weighted by Crippen LogP contribution is 2.19. The minimum absolute atomic E-state index is 0.509. The first-order chi connectivity index (χ1) is 8.22. The molecule has 0 spiro atoms. The van der Waals surface area contributed by atoms with Crippen molar-refractivity contribution in [2.24, 2.45) is 0 Å². The van der Waals surface area contributed by atoms with Crippen molar-refractivity contribution < 1.29 is 4.39 Å². The van der Waals surface area contributed by atoms with Crippen LogP contribution in [0.2, 0.25) is 0 Å². The molecule has 0 unspecified atom stereocenters. The van der Waals surface area contributed by atoms with E-state index < -0.39 is 5.95 Å². The molecule has 0 saturated heterocycles. The molecule has 2 heterocycles. The van der Waals surface area contributed by atoms with E-state index >= 15 is 0 Å². The molecule has 2 aromatic heterocycles. The van der Waals surface area contributed by atoms with Crippen LogP contribution >= 0.6 is 0 Å². The summed E-state index contributed by atoms with van der Waals surface area (Å²) in [6.07, 6.45) is 1.73. The van der Waals surface area contributed by atoms with Gasteiger partial charge in [-0.2, -0.15) is 4.39 Å². The van der Waals surface area contributed by atoms with E-state index in [0.29, 0.717) is 5.65 Å². The number of aryl methyl sites for hydroxylation is 1. The summed E-state index contributed by atoms with van der Waals surface area (Å²) in [5.41, 5.74) is 3.63. The van der Waals surface area contributed by atoms with Gasteiger partial charge in [-0.1, -0.05) is 29.8 Å². The molecule has 0 N–H and O–H groups in total.